The van der Waals surface area contributed by atoms with Gasteiger partial charge in [0.2, 0.25) is 0 Å². The van der Waals surface area contributed by atoms with Crippen LogP contribution >= 0.6 is 0 Å². The van der Waals surface area contributed by atoms with Crippen molar-refractivity contribution in [3.05, 3.63) is 37.5 Å². The van der Waals surface area contributed by atoms with Crippen molar-refractivity contribution < 1.29 is 20.6 Å². The lowest BCUT2D eigenvalue weighted by atomic mass is 9.89. The molecule has 0 saturated carbocycles. The number of allylic oxidation sites excluding steroid dienone is 4. The number of rotatable bonds is 17. The van der Waals surface area contributed by atoms with Gasteiger partial charge in [0.15, 0.2) is 11.6 Å². The molecule has 9 nitrogen and oxygen atoms in total. The molecule has 236 valence electrons. The van der Waals surface area contributed by atoms with Crippen LogP contribution in [0.3, 0.4) is 0 Å². The average Bonchev–Trinajstić information content (AvgIpc) is 3.00. The number of hydrogen-bond acceptors (Lipinski definition) is 9. The van der Waals surface area contributed by atoms with E-state index in [-0.39, 0.29) is 74.7 Å². The van der Waals surface area contributed by atoms with Gasteiger partial charge in [-0.05, 0) is 91.1 Å². The third-order valence-electron chi connectivity index (χ3n) is 7.45. The third-order valence-corrected chi connectivity index (χ3v) is 7.45. The van der Waals surface area contributed by atoms with Gasteiger partial charge in [-0.1, -0.05) is 24.3 Å². The van der Waals surface area contributed by atoms with E-state index in [1.165, 1.54) is 0 Å². The largest absolute Gasteiger partial charge is 0.324 e. The Morgan fingerprint density at radius 2 is 1.61 bits per heavy atom. The standard InChI is InChI=1S/C17H30N2O2.C15H27N3O2.H2/c1-4-6-8-10-14(17(21)13-18)12-16(20)15(19-3)11-9-7-5-2;1-17-12-8-6-4-2-3-5-7-9-13(14(19)10-16)18-11-15(12)20;/h4-5,14-15,19H,1-2,6-13,18H2,3H3;2-3,12-13,17-18H,4-11,16H2,1H3;1H/b;3-2-;/t14?,15-;12-,13?;/m11./s1. The van der Waals surface area contributed by atoms with Crippen molar-refractivity contribution in [2.24, 2.45) is 17.4 Å². The summed E-state index contributed by atoms with van der Waals surface area (Å²) in [5.41, 5.74) is 10.9. The van der Waals surface area contributed by atoms with E-state index in [9.17, 15) is 19.2 Å². The summed E-state index contributed by atoms with van der Waals surface area (Å²) in [4.78, 5) is 48.1. The maximum atomic E-state index is 12.3. The van der Waals surface area contributed by atoms with Gasteiger partial charge < -0.3 is 27.4 Å². The van der Waals surface area contributed by atoms with Gasteiger partial charge in [-0.25, -0.2) is 0 Å². The third kappa shape index (κ3) is 18.0. The number of nitrogens with one attached hydrogen (secondary N) is 3. The minimum Gasteiger partial charge on any atom is -0.324 e. The van der Waals surface area contributed by atoms with Gasteiger partial charge in [0.1, 0.15) is 11.6 Å². The number of nitrogens with two attached hydrogens (primary N) is 2. The quantitative estimate of drug-likeness (QED) is 0.129. The van der Waals surface area contributed by atoms with E-state index in [0.29, 0.717) is 6.42 Å². The molecule has 9 heteroatoms. The predicted molar refractivity (Wildman–Crippen MR) is 171 cm³/mol. The first kappa shape index (κ1) is 38.7. The van der Waals surface area contributed by atoms with Crippen LogP contribution in [0.25, 0.3) is 0 Å². The Morgan fingerprint density at radius 3 is 2.15 bits per heavy atom. The molecule has 0 radical (unpaired) electrons. The maximum absolute atomic E-state index is 12.3. The molecule has 7 N–H and O–H groups in total. The van der Waals surface area contributed by atoms with Gasteiger partial charge in [-0.15, -0.1) is 13.2 Å². The number of unbranched alkanes of at least 4 members (excludes halogenated alkanes) is 2. The lowest BCUT2D eigenvalue weighted by molar-refractivity contribution is -0.128. The number of likely N-dealkylation sites (N-methyl/N-ethyl adjacent to an activating group) is 2. The Labute approximate surface area is 249 Å². The molecule has 0 spiro atoms. The number of carbonyl (C=O) groups is 4. The summed E-state index contributed by atoms with van der Waals surface area (Å²) in [7, 11) is 3.59. The first-order valence-corrected chi connectivity index (χ1v) is 15.2. The number of Topliss-reactive ketones (excluding diaryl/α,β-unsaturated/α-hetero) is 4. The normalized spacial score (nSPS) is 20.5. The van der Waals surface area contributed by atoms with Crippen LogP contribution in [-0.2, 0) is 19.2 Å². The topological polar surface area (TPSA) is 156 Å². The van der Waals surface area contributed by atoms with Crippen LogP contribution in [0.4, 0.5) is 0 Å². The second-order valence-electron chi connectivity index (χ2n) is 10.6. The fourth-order valence-electron chi connectivity index (χ4n) is 4.82. The van der Waals surface area contributed by atoms with Gasteiger partial charge >= 0.3 is 0 Å². The Morgan fingerprint density at radius 1 is 1.00 bits per heavy atom. The molecule has 0 aromatic heterocycles. The Kier molecular flexibility index (Phi) is 24.0. The molecule has 0 amide bonds. The zero-order chi connectivity index (χ0) is 30.9. The zero-order valence-electron chi connectivity index (χ0n) is 25.6. The SMILES string of the molecule is C=CCCCC(CC(=O)[C@@H](CCCC=C)NC)C(=O)CN.CN[C@@H]1CCC/C=C\CCCC(C(=O)CN)NCC1=O.[HH]. The van der Waals surface area contributed by atoms with Gasteiger partial charge in [-0.2, -0.15) is 0 Å². The second-order valence-corrected chi connectivity index (χ2v) is 10.6. The van der Waals surface area contributed by atoms with Crippen LogP contribution in [0.15, 0.2) is 37.5 Å². The fraction of sp³-hybridized carbons (Fsp3) is 0.688. The van der Waals surface area contributed by atoms with Gasteiger partial charge in [-0.3, -0.25) is 19.2 Å². The number of ketones is 4. The molecule has 41 heavy (non-hydrogen) atoms. The van der Waals surface area contributed by atoms with E-state index in [1.54, 1.807) is 14.1 Å². The number of hydrogen-bond donors (Lipinski definition) is 5. The lowest BCUT2D eigenvalue weighted by Gasteiger charge is -2.19. The summed E-state index contributed by atoms with van der Waals surface area (Å²) in [5.74, 6) is -0.0683. The van der Waals surface area contributed by atoms with Crippen molar-refractivity contribution in [1.29, 1.82) is 0 Å². The Balaban J connectivity index is 0. The molecular weight excluding hydrogens is 518 g/mol. The highest BCUT2D eigenvalue weighted by Crippen LogP contribution is 2.17. The van der Waals surface area contributed by atoms with Crippen molar-refractivity contribution >= 4 is 23.1 Å². The fourth-order valence-corrected chi connectivity index (χ4v) is 4.82. The highest BCUT2D eigenvalue weighted by molar-refractivity contribution is 5.91. The van der Waals surface area contributed by atoms with Crippen LogP contribution in [0.2, 0.25) is 0 Å². The lowest BCUT2D eigenvalue weighted by Crippen LogP contribution is -2.46. The molecule has 1 rings (SSSR count). The van der Waals surface area contributed by atoms with Crippen molar-refractivity contribution in [2.45, 2.75) is 102 Å². The maximum Gasteiger partial charge on any atom is 0.163 e. The molecule has 2 unspecified atom stereocenters. The van der Waals surface area contributed by atoms with E-state index < -0.39 is 0 Å². The molecule has 4 atom stereocenters. The minimum atomic E-state index is -0.296. The molecule has 1 aliphatic heterocycles. The molecular formula is C32H59N5O4. The van der Waals surface area contributed by atoms with Crippen LogP contribution in [-0.4, -0.2) is 75.0 Å². The van der Waals surface area contributed by atoms with Crippen molar-refractivity contribution in [2.75, 3.05) is 33.7 Å². The summed E-state index contributed by atoms with van der Waals surface area (Å²) in [6.45, 7) is 7.62. The monoisotopic (exact) mass is 577 g/mol. The second kappa shape index (κ2) is 25.4. The van der Waals surface area contributed by atoms with Crippen LogP contribution < -0.4 is 27.4 Å². The highest BCUT2D eigenvalue weighted by atomic mass is 16.1. The van der Waals surface area contributed by atoms with Crippen LogP contribution in [0.1, 0.15) is 84.9 Å². The van der Waals surface area contributed by atoms with E-state index in [2.05, 4.69) is 41.3 Å². The molecule has 0 aliphatic carbocycles. The van der Waals surface area contributed by atoms with E-state index in [0.717, 1.165) is 70.6 Å². The average molecular weight is 578 g/mol. The van der Waals surface area contributed by atoms with E-state index in [1.807, 2.05) is 12.2 Å². The molecule has 0 saturated heterocycles. The Hall–Kier alpha value is -2.30. The van der Waals surface area contributed by atoms with Crippen molar-refractivity contribution in [1.82, 2.24) is 16.0 Å². The molecule has 1 heterocycles. The van der Waals surface area contributed by atoms with Gasteiger partial charge in [0.25, 0.3) is 0 Å². The zero-order valence-corrected chi connectivity index (χ0v) is 25.6. The summed E-state index contributed by atoms with van der Waals surface area (Å²) >= 11 is 0. The smallest absolute Gasteiger partial charge is 0.163 e. The first-order valence-electron chi connectivity index (χ1n) is 15.2. The summed E-state index contributed by atoms with van der Waals surface area (Å²) in [5, 5.41) is 9.18. The summed E-state index contributed by atoms with van der Waals surface area (Å²) in [6, 6.07) is -0.613. The minimum absolute atomic E-state index is 0. The van der Waals surface area contributed by atoms with E-state index in [4.69, 9.17) is 11.5 Å². The Bertz CT molecular complexity index is 821. The van der Waals surface area contributed by atoms with Gasteiger partial charge in [0, 0.05) is 13.8 Å². The van der Waals surface area contributed by atoms with Gasteiger partial charge in [0.05, 0.1) is 37.8 Å². The van der Waals surface area contributed by atoms with Crippen molar-refractivity contribution in [3.63, 3.8) is 0 Å². The van der Waals surface area contributed by atoms with Crippen LogP contribution in [0, 0.1) is 5.92 Å². The summed E-state index contributed by atoms with van der Waals surface area (Å²) < 4.78 is 0. The first-order chi connectivity index (χ1) is 19.8. The molecule has 0 aromatic carbocycles. The van der Waals surface area contributed by atoms with E-state index >= 15 is 0 Å². The van der Waals surface area contributed by atoms with Crippen LogP contribution in [0.5, 0.6) is 0 Å². The molecule has 0 aromatic rings. The highest BCUT2D eigenvalue weighted by Gasteiger charge is 2.24. The molecule has 0 fully saturated rings. The molecule has 0 bridgehead atoms. The molecule has 1 aliphatic rings. The predicted octanol–water partition coefficient (Wildman–Crippen LogP) is 3.18. The van der Waals surface area contributed by atoms with Crippen molar-refractivity contribution in [3.8, 4) is 0 Å². The number of carbonyl (C=O) groups excluding carboxylic acids is 4. The summed E-state index contributed by atoms with van der Waals surface area (Å²) in [6.07, 6.45) is 18.8.